The SMILES string of the molecule is Clc1cccc(C2=NC(C3=CC=C=C=C3)NC(c3ccccc3)=N2)c1. The molecule has 2 aliphatic rings. The van der Waals surface area contributed by atoms with Gasteiger partial charge in [-0.15, -0.1) is 0 Å². The average molecular weight is 344 g/mol. The Balaban J connectivity index is 1.79. The molecular weight excluding hydrogens is 330 g/mol. The summed E-state index contributed by atoms with van der Waals surface area (Å²) in [5, 5.41) is 4.06. The molecule has 1 unspecified atom stereocenters. The first-order valence-corrected chi connectivity index (χ1v) is 8.29. The average Bonchev–Trinajstić information content (AvgIpc) is 2.69. The molecule has 4 rings (SSSR count). The fourth-order valence-electron chi connectivity index (χ4n) is 2.65. The maximum atomic E-state index is 6.14. The predicted octanol–water partition coefficient (Wildman–Crippen LogP) is 4.27. The fourth-order valence-corrected chi connectivity index (χ4v) is 2.84. The van der Waals surface area contributed by atoms with Crippen LogP contribution < -0.4 is 5.32 Å². The molecule has 0 fully saturated rings. The van der Waals surface area contributed by atoms with Gasteiger partial charge in [-0.2, -0.15) is 0 Å². The molecule has 2 aromatic rings. The molecule has 120 valence electrons. The number of allylic oxidation sites excluding steroid dienone is 2. The predicted molar refractivity (Wildman–Crippen MR) is 102 cm³/mol. The molecule has 2 aromatic carbocycles. The number of hydrogen-bond acceptors (Lipinski definition) is 3. The maximum absolute atomic E-state index is 6.14. The van der Waals surface area contributed by atoms with Crippen LogP contribution in [-0.4, -0.2) is 17.8 Å². The summed E-state index contributed by atoms with van der Waals surface area (Å²) < 4.78 is 0. The van der Waals surface area contributed by atoms with Crippen molar-refractivity contribution in [2.75, 3.05) is 0 Å². The summed E-state index contributed by atoms with van der Waals surface area (Å²) >= 11 is 6.14. The van der Waals surface area contributed by atoms with Gasteiger partial charge in [0.25, 0.3) is 0 Å². The monoisotopic (exact) mass is 343 g/mol. The molecule has 1 N–H and O–H groups in total. The first-order valence-electron chi connectivity index (χ1n) is 7.92. The number of amidine groups is 2. The summed E-state index contributed by atoms with van der Waals surface area (Å²) in [5.74, 6) is 1.43. The van der Waals surface area contributed by atoms with Gasteiger partial charge < -0.3 is 5.32 Å². The Bertz CT molecular complexity index is 1000. The lowest BCUT2D eigenvalue weighted by Gasteiger charge is -2.24. The van der Waals surface area contributed by atoms with Crippen LogP contribution in [0.15, 0.2) is 99.8 Å². The molecule has 1 atom stereocenters. The van der Waals surface area contributed by atoms with Crippen LogP contribution in [0.5, 0.6) is 0 Å². The summed E-state index contributed by atoms with van der Waals surface area (Å²) in [6.07, 6.45) is 5.44. The van der Waals surface area contributed by atoms with Gasteiger partial charge in [0.15, 0.2) is 5.84 Å². The second-order valence-corrected chi connectivity index (χ2v) is 6.04. The van der Waals surface area contributed by atoms with Gasteiger partial charge in [0.05, 0.1) is 0 Å². The van der Waals surface area contributed by atoms with Gasteiger partial charge in [-0.05, 0) is 30.4 Å². The van der Waals surface area contributed by atoms with E-state index in [0.29, 0.717) is 10.9 Å². The van der Waals surface area contributed by atoms with E-state index in [4.69, 9.17) is 21.6 Å². The molecule has 1 aliphatic carbocycles. The third-order valence-corrected chi connectivity index (χ3v) is 4.10. The van der Waals surface area contributed by atoms with Crippen LogP contribution in [0.4, 0.5) is 0 Å². The Morgan fingerprint density at radius 2 is 1.80 bits per heavy atom. The molecule has 1 aliphatic heterocycles. The van der Waals surface area contributed by atoms with Crippen molar-refractivity contribution in [1.82, 2.24) is 5.32 Å². The Hall–Kier alpha value is -3.09. The molecule has 0 saturated heterocycles. The Morgan fingerprint density at radius 1 is 0.960 bits per heavy atom. The van der Waals surface area contributed by atoms with Crippen molar-refractivity contribution in [1.29, 1.82) is 0 Å². The largest absolute Gasteiger partial charge is 0.344 e. The van der Waals surface area contributed by atoms with E-state index in [1.807, 2.05) is 72.8 Å². The highest BCUT2D eigenvalue weighted by Crippen LogP contribution is 2.19. The van der Waals surface area contributed by atoms with Crippen molar-refractivity contribution in [3.05, 3.63) is 106 Å². The molecule has 0 amide bonds. The Morgan fingerprint density at radius 3 is 2.56 bits per heavy atom. The van der Waals surface area contributed by atoms with E-state index in [0.717, 1.165) is 22.5 Å². The topological polar surface area (TPSA) is 36.8 Å². The zero-order valence-corrected chi connectivity index (χ0v) is 14.0. The lowest BCUT2D eigenvalue weighted by Crippen LogP contribution is -2.39. The van der Waals surface area contributed by atoms with Crippen molar-refractivity contribution >= 4 is 23.3 Å². The number of halogens is 1. The summed E-state index contributed by atoms with van der Waals surface area (Å²) in [6, 6.07) is 17.6. The van der Waals surface area contributed by atoms with E-state index < -0.39 is 0 Å². The quantitative estimate of drug-likeness (QED) is 0.830. The standard InChI is InChI=1S/C21H14ClN3/c22-18-13-7-12-17(14-18)21-24-19(15-8-3-1-4-9-15)23-20(25-21)16-10-5-2-6-11-16/h1,3-5,7-14,20H,(H,23,24,25). The minimum absolute atomic E-state index is 0.243. The van der Waals surface area contributed by atoms with E-state index in [1.165, 1.54) is 0 Å². The van der Waals surface area contributed by atoms with Crippen LogP contribution in [0.3, 0.4) is 0 Å². The van der Waals surface area contributed by atoms with Crippen molar-refractivity contribution in [3.63, 3.8) is 0 Å². The second-order valence-electron chi connectivity index (χ2n) is 5.60. The number of nitrogens with one attached hydrogen (secondary N) is 1. The molecule has 4 heteroatoms. The summed E-state index contributed by atoms with van der Waals surface area (Å²) in [6.45, 7) is 0. The minimum Gasteiger partial charge on any atom is -0.344 e. The van der Waals surface area contributed by atoms with Crippen LogP contribution >= 0.6 is 11.6 Å². The highest BCUT2D eigenvalue weighted by molar-refractivity contribution is 6.31. The summed E-state index contributed by atoms with van der Waals surface area (Å²) in [4.78, 5) is 9.48. The molecule has 25 heavy (non-hydrogen) atoms. The van der Waals surface area contributed by atoms with Gasteiger partial charge in [0, 0.05) is 21.7 Å². The van der Waals surface area contributed by atoms with Crippen LogP contribution in [0.2, 0.25) is 5.02 Å². The van der Waals surface area contributed by atoms with Crippen LogP contribution in [0.1, 0.15) is 11.1 Å². The molecule has 0 spiro atoms. The van der Waals surface area contributed by atoms with E-state index in [-0.39, 0.29) is 6.17 Å². The molecule has 0 aromatic heterocycles. The van der Waals surface area contributed by atoms with Gasteiger partial charge in [-0.1, -0.05) is 65.5 Å². The maximum Gasteiger partial charge on any atom is 0.159 e. The number of nitrogens with zero attached hydrogens (tertiary/aromatic N) is 2. The third kappa shape index (κ3) is 3.40. The van der Waals surface area contributed by atoms with Crippen molar-refractivity contribution in [3.8, 4) is 0 Å². The third-order valence-electron chi connectivity index (χ3n) is 3.87. The molecule has 0 radical (unpaired) electrons. The zero-order valence-electron chi connectivity index (χ0n) is 13.3. The Kier molecular flexibility index (Phi) is 4.20. The molecular formula is C21H14ClN3. The van der Waals surface area contributed by atoms with Crippen molar-refractivity contribution in [2.24, 2.45) is 9.98 Å². The Labute approximate surface area is 151 Å². The molecule has 0 saturated carbocycles. The zero-order chi connectivity index (χ0) is 17.1. The summed E-state index contributed by atoms with van der Waals surface area (Å²) in [5.41, 5.74) is 8.79. The van der Waals surface area contributed by atoms with Gasteiger partial charge in [0.2, 0.25) is 0 Å². The van der Waals surface area contributed by atoms with Gasteiger partial charge in [-0.25, -0.2) is 9.98 Å². The van der Waals surface area contributed by atoms with Crippen LogP contribution in [-0.2, 0) is 0 Å². The lowest BCUT2D eigenvalue weighted by molar-refractivity contribution is 0.731. The normalized spacial score (nSPS) is 18.3. The lowest BCUT2D eigenvalue weighted by atomic mass is 10.1. The number of rotatable bonds is 3. The van der Waals surface area contributed by atoms with Crippen molar-refractivity contribution in [2.45, 2.75) is 6.17 Å². The number of aliphatic imine (C=N–C) groups is 2. The van der Waals surface area contributed by atoms with E-state index >= 15 is 0 Å². The van der Waals surface area contributed by atoms with Gasteiger partial charge >= 0.3 is 0 Å². The van der Waals surface area contributed by atoms with E-state index in [1.54, 1.807) is 0 Å². The number of benzene rings is 2. The smallest absolute Gasteiger partial charge is 0.159 e. The number of hydrogen-bond donors (Lipinski definition) is 1. The first-order chi connectivity index (χ1) is 12.3. The van der Waals surface area contributed by atoms with Gasteiger partial charge in [0.1, 0.15) is 12.0 Å². The van der Waals surface area contributed by atoms with Crippen LogP contribution in [0, 0.1) is 0 Å². The van der Waals surface area contributed by atoms with E-state index in [2.05, 4.69) is 16.8 Å². The fraction of sp³-hybridized carbons (Fsp3) is 0.0476. The highest BCUT2D eigenvalue weighted by atomic mass is 35.5. The van der Waals surface area contributed by atoms with Crippen molar-refractivity contribution < 1.29 is 0 Å². The van der Waals surface area contributed by atoms with Crippen LogP contribution in [0.25, 0.3) is 0 Å². The molecule has 1 heterocycles. The molecule has 0 bridgehead atoms. The first kappa shape index (κ1) is 15.4. The second kappa shape index (κ2) is 6.80. The van der Waals surface area contributed by atoms with E-state index in [9.17, 15) is 0 Å². The molecule has 3 nitrogen and oxygen atoms in total. The van der Waals surface area contributed by atoms with Gasteiger partial charge in [-0.3, -0.25) is 0 Å². The minimum atomic E-state index is -0.243. The highest BCUT2D eigenvalue weighted by Gasteiger charge is 2.21. The summed E-state index contributed by atoms with van der Waals surface area (Å²) in [7, 11) is 0.